The highest BCUT2D eigenvalue weighted by atomic mass is 32.1. The number of hydrogen-bond donors (Lipinski definition) is 1. The molecule has 0 spiro atoms. The third kappa shape index (κ3) is 3.45. The first kappa shape index (κ1) is 13.8. The van der Waals surface area contributed by atoms with Crippen LogP contribution < -0.4 is 5.32 Å². The maximum atomic E-state index is 11.9. The van der Waals surface area contributed by atoms with Crippen molar-refractivity contribution in [2.75, 3.05) is 20.6 Å². The molecule has 19 heavy (non-hydrogen) atoms. The van der Waals surface area contributed by atoms with E-state index in [4.69, 9.17) is 4.42 Å². The molecule has 0 unspecified atom stereocenters. The average Bonchev–Trinajstić information content (AvgIpc) is 3.00. The Kier molecular flexibility index (Phi) is 4.39. The summed E-state index contributed by atoms with van der Waals surface area (Å²) in [4.78, 5) is 14.7. The van der Waals surface area contributed by atoms with Gasteiger partial charge in [-0.25, -0.2) is 0 Å². The summed E-state index contributed by atoms with van der Waals surface area (Å²) in [5.74, 6) is 1.71. The van der Waals surface area contributed by atoms with E-state index in [9.17, 15) is 4.79 Å². The Morgan fingerprint density at radius 1 is 1.42 bits per heavy atom. The molecule has 1 N–H and O–H groups in total. The van der Waals surface area contributed by atoms with Gasteiger partial charge >= 0.3 is 0 Å². The van der Waals surface area contributed by atoms with E-state index < -0.39 is 0 Å². The summed E-state index contributed by atoms with van der Waals surface area (Å²) in [6.07, 6.45) is 0. The van der Waals surface area contributed by atoms with Gasteiger partial charge in [-0.05, 0) is 44.6 Å². The quantitative estimate of drug-likeness (QED) is 0.914. The lowest BCUT2D eigenvalue weighted by molar-refractivity contribution is 0.0943. The minimum atomic E-state index is -0.0369. The van der Waals surface area contributed by atoms with Crippen LogP contribution in [-0.4, -0.2) is 31.4 Å². The largest absolute Gasteiger partial charge is 0.465 e. The fourth-order valence-corrected chi connectivity index (χ4v) is 2.49. The Morgan fingerprint density at radius 3 is 2.74 bits per heavy atom. The Morgan fingerprint density at radius 2 is 2.21 bits per heavy atom. The summed E-state index contributed by atoms with van der Waals surface area (Å²) in [7, 11) is 3.94. The Bertz CT molecular complexity index is 531. The molecule has 0 aliphatic rings. The van der Waals surface area contributed by atoms with Gasteiger partial charge in [-0.1, -0.05) is 6.07 Å². The number of nitrogens with one attached hydrogen (secondary N) is 1. The van der Waals surface area contributed by atoms with Crippen molar-refractivity contribution in [2.24, 2.45) is 0 Å². The highest BCUT2D eigenvalue weighted by molar-refractivity contribution is 7.12. The normalized spacial score (nSPS) is 12.6. The molecule has 2 aromatic heterocycles. The van der Waals surface area contributed by atoms with Crippen LogP contribution in [0.1, 0.15) is 27.2 Å². The van der Waals surface area contributed by atoms with Gasteiger partial charge in [-0.3, -0.25) is 9.69 Å². The number of thiophene rings is 1. The highest BCUT2D eigenvalue weighted by Crippen LogP contribution is 2.20. The first-order valence-corrected chi connectivity index (χ1v) is 7.00. The number of likely N-dealkylation sites (N-methyl/N-ethyl adjacent to an activating group) is 1. The van der Waals surface area contributed by atoms with E-state index in [0.717, 1.165) is 16.4 Å². The zero-order valence-electron chi connectivity index (χ0n) is 11.3. The molecule has 0 radical (unpaired) electrons. The van der Waals surface area contributed by atoms with Crippen LogP contribution in [0.5, 0.6) is 0 Å². The summed E-state index contributed by atoms with van der Waals surface area (Å²) in [6.45, 7) is 2.44. The average molecular weight is 278 g/mol. The Labute approximate surface area is 117 Å². The summed E-state index contributed by atoms with van der Waals surface area (Å²) in [6, 6.07) is 7.63. The number of rotatable bonds is 5. The number of furan rings is 1. The Hall–Kier alpha value is -1.59. The van der Waals surface area contributed by atoms with E-state index in [0.29, 0.717) is 6.54 Å². The van der Waals surface area contributed by atoms with E-state index in [2.05, 4.69) is 5.32 Å². The SMILES string of the molecule is Cc1ccc([C@H](CNC(=O)c2cccs2)N(C)C)o1. The summed E-state index contributed by atoms with van der Waals surface area (Å²) in [5, 5.41) is 4.84. The van der Waals surface area contributed by atoms with Crippen molar-refractivity contribution in [3.8, 4) is 0 Å². The molecule has 0 saturated heterocycles. The molecular formula is C14H18N2O2S. The van der Waals surface area contributed by atoms with Gasteiger partial charge in [0.15, 0.2) is 0 Å². The lowest BCUT2D eigenvalue weighted by atomic mass is 10.2. The minimum absolute atomic E-state index is 0.0369. The molecular weight excluding hydrogens is 260 g/mol. The van der Waals surface area contributed by atoms with Crippen LogP contribution in [0.3, 0.4) is 0 Å². The van der Waals surface area contributed by atoms with Crippen molar-refractivity contribution in [3.05, 3.63) is 46.0 Å². The fraction of sp³-hybridized carbons (Fsp3) is 0.357. The number of nitrogens with zero attached hydrogens (tertiary/aromatic N) is 1. The molecule has 4 nitrogen and oxygen atoms in total. The second-order valence-electron chi connectivity index (χ2n) is 4.62. The van der Waals surface area contributed by atoms with Crippen LogP contribution in [0.4, 0.5) is 0 Å². The van der Waals surface area contributed by atoms with Crippen molar-refractivity contribution in [1.82, 2.24) is 10.2 Å². The smallest absolute Gasteiger partial charge is 0.261 e. The molecule has 0 aliphatic carbocycles. The maximum Gasteiger partial charge on any atom is 0.261 e. The molecule has 0 bridgehead atoms. The number of carbonyl (C=O) groups is 1. The van der Waals surface area contributed by atoms with Gasteiger partial charge in [0.1, 0.15) is 11.5 Å². The topological polar surface area (TPSA) is 45.5 Å². The van der Waals surface area contributed by atoms with Crippen molar-refractivity contribution < 1.29 is 9.21 Å². The number of amides is 1. The Balaban J connectivity index is 2.00. The maximum absolute atomic E-state index is 11.9. The van der Waals surface area contributed by atoms with Crippen molar-refractivity contribution in [3.63, 3.8) is 0 Å². The summed E-state index contributed by atoms with van der Waals surface area (Å²) >= 11 is 1.44. The van der Waals surface area contributed by atoms with Crippen LogP contribution >= 0.6 is 11.3 Å². The number of hydrogen-bond acceptors (Lipinski definition) is 4. The van der Waals surface area contributed by atoms with Crippen LogP contribution in [0, 0.1) is 6.92 Å². The zero-order valence-corrected chi connectivity index (χ0v) is 12.2. The molecule has 102 valence electrons. The van der Waals surface area contributed by atoms with Crippen molar-refractivity contribution >= 4 is 17.2 Å². The van der Waals surface area contributed by atoms with Crippen molar-refractivity contribution in [2.45, 2.75) is 13.0 Å². The van der Waals surface area contributed by atoms with Gasteiger partial charge in [-0.2, -0.15) is 0 Å². The van der Waals surface area contributed by atoms with Gasteiger partial charge in [0.25, 0.3) is 5.91 Å². The predicted molar refractivity (Wildman–Crippen MR) is 76.5 cm³/mol. The van der Waals surface area contributed by atoms with E-state index in [1.165, 1.54) is 11.3 Å². The second kappa shape index (κ2) is 6.04. The van der Waals surface area contributed by atoms with E-state index in [-0.39, 0.29) is 11.9 Å². The molecule has 1 amide bonds. The molecule has 0 aromatic carbocycles. The number of carbonyl (C=O) groups excluding carboxylic acids is 1. The van der Waals surface area contributed by atoms with Crippen molar-refractivity contribution in [1.29, 1.82) is 0 Å². The van der Waals surface area contributed by atoms with Gasteiger partial charge in [-0.15, -0.1) is 11.3 Å². The summed E-state index contributed by atoms with van der Waals surface area (Å²) < 4.78 is 5.64. The zero-order chi connectivity index (χ0) is 13.8. The molecule has 0 fully saturated rings. The van der Waals surface area contributed by atoms with Crippen LogP contribution in [0.2, 0.25) is 0 Å². The monoisotopic (exact) mass is 278 g/mol. The number of aryl methyl sites for hydroxylation is 1. The molecule has 5 heteroatoms. The molecule has 0 aliphatic heterocycles. The molecule has 2 aromatic rings. The third-order valence-electron chi connectivity index (χ3n) is 2.91. The van der Waals surface area contributed by atoms with Gasteiger partial charge < -0.3 is 9.73 Å². The first-order chi connectivity index (χ1) is 9.08. The van der Waals surface area contributed by atoms with E-state index >= 15 is 0 Å². The molecule has 1 atom stereocenters. The molecule has 2 heterocycles. The predicted octanol–water partition coefficient (Wildman–Crippen LogP) is 2.68. The van der Waals surface area contributed by atoms with Crippen LogP contribution in [0.15, 0.2) is 34.1 Å². The first-order valence-electron chi connectivity index (χ1n) is 6.12. The van der Waals surface area contributed by atoms with Crippen LogP contribution in [-0.2, 0) is 0 Å². The molecule has 2 rings (SSSR count). The van der Waals surface area contributed by atoms with Gasteiger partial charge in [0, 0.05) is 6.54 Å². The lowest BCUT2D eigenvalue weighted by Crippen LogP contribution is -2.34. The molecule has 0 saturated carbocycles. The fourth-order valence-electron chi connectivity index (χ4n) is 1.85. The van der Waals surface area contributed by atoms with E-state index in [1.54, 1.807) is 0 Å². The lowest BCUT2D eigenvalue weighted by Gasteiger charge is -2.22. The minimum Gasteiger partial charge on any atom is -0.465 e. The van der Waals surface area contributed by atoms with E-state index in [1.807, 2.05) is 55.6 Å². The standard InChI is InChI=1S/C14H18N2O2S/c1-10-6-7-12(18-10)11(16(2)3)9-15-14(17)13-5-4-8-19-13/h4-8,11H,9H2,1-3H3,(H,15,17)/t11-/m0/s1. The van der Waals surface area contributed by atoms with Crippen LogP contribution in [0.25, 0.3) is 0 Å². The second-order valence-corrected chi connectivity index (χ2v) is 5.56. The van der Waals surface area contributed by atoms with Gasteiger partial charge in [0.2, 0.25) is 0 Å². The summed E-state index contributed by atoms with van der Waals surface area (Å²) in [5.41, 5.74) is 0. The third-order valence-corrected chi connectivity index (χ3v) is 3.78. The van der Waals surface area contributed by atoms with Gasteiger partial charge in [0.05, 0.1) is 10.9 Å². The highest BCUT2D eigenvalue weighted by Gasteiger charge is 2.19.